The van der Waals surface area contributed by atoms with Crippen LogP contribution in [0.15, 0.2) is 90.2 Å². The van der Waals surface area contributed by atoms with Gasteiger partial charge in [-0.15, -0.1) is 0 Å². The van der Waals surface area contributed by atoms with Gasteiger partial charge in [-0.1, -0.05) is 42.5 Å². The molecule has 0 aromatic heterocycles. The second-order valence-corrected chi connectivity index (χ2v) is 7.32. The summed E-state index contributed by atoms with van der Waals surface area (Å²) >= 11 is 0. The maximum absolute atomic E-state index is 13.4. The zero-order chi connectivity index (χ0) is 22.0. The molecular weight excluding hydrogens is 397 g/mol. The normalized spacial score (nSPS) is 16.1. The van der Waals surface area contributed by atoms with E-state index in [2.05, 4.69) is 0 Å². The first-order valence-electron chi connectivity index (χ1n) is 9.84. The quantitative estimate of drug-likeness (QED) is 0.613. The average Bonchev–Trinajstić information content (AvgIpc) is 3.05. The second-order valence-electron chi connectivity index (χ2n) is 7.32. The number of phenols is 1. The molecule has 0 saturated carbocycles. The highest BCUT2D eigenvalue weighted by Gasteiger charge is 2.44. The van der Waals surface area contributed by atoms with Gasteiger partial charge in [0.25, 0.3) is 5.91 Å². The Bertz CT molecular complexity index is 1140. The fourth-order valence-corrected chi connectivity index (χ4v) is 3.77. The molecule has 3 aromatic rings. The summed E-state index contributed by atoms with van der Waals surface area (Å²) < 4.78 is 13.4. The Morgan fingerprint density at radius 3 is 2.19 bits per heavy atom. The number of ketones is 1. The van der Waals surface area contributed by atoms with Crippen LogP contribution in [0.4, 0.5) is 10.1 Å². The Morgan fingerprint density at radius 1 is 0.903 bits per heavy atom. The van der Waals surface area contributed by atoms with Crippen LogP contribution in [0.5, 0.6) is 5.75 Å². The number of carbonyl (C=O) groups is 2. The molecule has 1 heterocycles. The highest BCUT2D eigenvalue weighted by molar-refractivity contribution is 6.16. The van der Waals surface area contributed by atoms with E-state index in [9.17, 15) is 24.2 Å². The first-order valence-corrected chi connectivity index (χ1v) is 9.84. The van der Waals surface area contributed by atoms with E-state index in [-0.39, 0.29) is 23.5 Å². The van der Waals surface area contributed by atoms with Crippen molar-refractivity contribution in [1.82, 2.24) is 0 Å². The molecule has 3 aromatic carbocycles. The molecule has 0 saturated heterocycles. The summed E-state index contributed by atoms with van der Waals surface area (Å²) in [4.78, 5) is 27.4. The van der Waals surface area contributed by atoms with Crippen molar-refractivity contribution in [1.29, 1.82) is 0 Å². The number of Topliss-reactive ketones (excluding diaryl/α,β-unsaturated/α-hetero) is 1. The second kappa shape index (κ2) is 8.44. The monoisotopic (exact) mass is 417 g/mol. The molecule has 0 spiro atoms. The molecule has 1 aliphatic heterocycles. The van der Waals surface area contributed by atoms with Crippen molar-refractivity contribution in [3.05, 3.63) is 107 Å². The van der Waals surface area contributed by atoms with Gasteiger partial charge in [0, 0.05) is 12.1 Å². The number of nitrogens with zero attached hydrogens (tertiary/aromatic N) is 1. The lowest BCUT2D eigenvalue weighted by Gasteiger charge is -2.27. The van der Waals surface area contributed by atoms with Gasteiger partial charge in [0.1, 0.15) is 11.6 Å². The summed E-state index contributed by atoms with van der Waals surface area (Å²) in [6.45, 7) is 0. The summed E-state index contributed by atoms with van der Waals surface area (Å²) in [6, 6.07) is 19.9. The maximum atomic E-state index is 13.4. The van der Waals surface area contributed by atoms with E-state index in [1.165, 1.54) is 41.3 Å². The first kappa shape index (κ1) is 20.3. The predicted octanol–water partition coefficient (Wildman–Crippen LogP) is 4.63. The van der Waals surface area contributed by atoms with Crippen LogP contribution in [0.1, 0.15) is 23.6 Å². The third kappa shape index (κ3) is 4.05. The topological polar surface area (TPSA) is 77.8 Å². The molecule has 4 rings (SSSR count). The molecule has 0 fully saturated rings. The molecular formula is C25H20FNO4. The van der Waals surface area contributed by atoms with Gasteiger partial charge >= 0.3 is 0 Å². The summed E-state index contributed by atoms with van der Waals surface area (Å²) in [7, 11) is 0. The third-order valence-corrected chi connectivity index (χ3v) is 5.31. The fraction of sp³-hybridized carbons (Fsp3) is 0.120. The number of aryl methyl sites for hydroxylation is 1. The fourth-order valence-electron chi connectivity index (χ4n) is 3.77. The van der Waals surface area contributed by atoms with Gasteiger partial charge in [-0.3, -0.25) is 14.5 Å². The summed E-state index contributed by atoms with van der Waals surface area (Å²) in [5.74, 6) is -2.12. The van der Waals surface area contributed by atoms with E-state index in [4.69, 9.17) is 0 Å². The zero-order valence-electron chi connectivity index (χ0n) is 16.5. The van der Waals surface area contributed by atoms with Crippen LogP contribution in [-0.2, 0) is 16.0 Å². The molecule has 0 aliphatic carbocycles. The van der Waals surface area contributed by atoms with Crippen LogP contribution in [0.25, 0.3) is 0 Å². The predicted molar refractivity (Wildman–Crippen MR) is 114 cm³/mol. The molecule has 1 aliphatic rings. The minimum atomic E-state index is -0.887. The molecule has 6 heteroatoms. The van der Waals surface area contributed by atoms with E-state index in [1.54, 1.807) is 12.1 Å². The Kier molecular flexibility index (Phi) is 5.54. The van der Waals surface area contributed by atoms with Crippen molar-refractivity contribution >= 4 is 17.4 Å². The van der Waals surface area contributed by atoms with Gasteiger partial charge < -0.3 is 10.2 Å². The lowest BCUT2D eigenvalue weighted by atomic mass is 9.93. The van der Waals surface area contributed by atoms with Crippen molar-refractivity contribution in [2.45, 2.75) is 18.9 Å². The van der Waals surface area contributed by atoms with Gasteiger partial charge in [0.05, 0.1) is 11.6 Å². The number of anilines is 1. The highest BCUT2D eigenvalue weighted by Crippen LogP contribution is 2.41. The van der Waals surface area contributed by atoms with E-state index < -0.39 is 23.5 Å². The largest absolute Gasteiger partial charge is 0.508 e. The van der Waals surface area contributed by atoms with Gasteiger partial charge in [-0.2, -0.15) is 0 Å². The number of hydrogen-bond donors (Lipinski definition) is 2. The number of rotatable bonds is 6. The number of aliphatic hydroxyl groups excluding tert-OH is 1. The standard InChI is InChI=1S/C25H20FNO4/c26-18-9-11-19(12-10-18)27-23(17-7-13-20(28)14-8-17)22(24(30)25(27)31)21(29)15-6-16-4-2-1-3-5-16/h1-5,7-14,23,28,30H,6,15H2. The molecule has 0 bridgehead atoms. The van der Waals surface area contributed by atoms with E-state index in [0.717, 1.165) is 5.56 Å². The van der Waals surface area contributed by atoms with Crippen molar-refractivity contribution < 1.29 is 24.2 Å². The van der Waals surface area contributed by atoms with Crippen LogP contribution >= 0.6 is 0 Å². The number of aliphatic hydroxyl groups is 1. The summed E-state index contributed by atoms with van der Waals surface area (Å²) in [5.41, 5.74) is 1.86. The minimum Gasteiger partial charge on any atom is -0.508 e. The lowest BCUT2D eigenvalue weighted by molar-refractivity contribution is -0.118. The van der Waals surface area contributed by atoms with Crippen molar-refractivity contribution in [2.75, 3.05) is 4.90 Å². The van der Waals surface area contributed by atoms with Crippen molar-refractivity contribution in [3.8, 4) is 5.75 Å². The number of halogens is 1. The third-order valence-electron chi connectivity index (χ3n) is 5.31. The number of hydrogen-bond acceptors (Lipinski definition) is 4. The molecule has 2 N–H and O–H groups in total. The van der Waals surface area contributed by atoms with Crippen LogP contribution in [0, 0.1) is 5.82 Å². The molecule has 31 heavy (non-hydrogen) atoms. The maximum Gasteiger partial charge on any atom is 0.294 e. The van der Waals surface area contributed by atoms with E-state index in [0.29, 0.717) is 17.7 Å². The van der Waals surface area contributed by atoms with Crippen LogP contribution in [0.3, 0.4) is 0 Å². The highest BCUT2D eigenvalue weighted by atomic mass is 19.1. The SMILES string of the molecule is O=C(CCc1ccccc1)C1=C(O)C(=O)N(c2ccc(F)cc2)C1c1ccc(O)cc1. The van der Waals surface area contributed by atoms with Crippen LogP contribution in [-0.4, -0.2) is 21.9 Å². The summed E-state index contributed by atoms with van der Waals surface area (Å²) in [6.07, 6.45) is 0.575. The van der Waals surface area contributed by atoms with E-state index in [1.807, 2.05) is 30.3 Å². The molecule has 156 valence electrons. The number of benzene rings is 3. The van der Waals surface area contributed by atoms with Crippen LogP contribution in [0.2, 0.25) is 0 Å². The number of carbonyl (C=O) groups excluding carboxylic acids is 2. The lowest BCUT2D eigenvalue weighted by Crippen LogP contribution is -2.31. The molecule has 1 atom stereocenters. The Balaban J connectivity index is 1.72. The van der Waals surface area contributed by atoms with Gasteiger partial charge in [-0.05, 0) is 53.9 Å². The van der Waals surface area contributed by atoms with E-state index >= 15 is 0 Å². The molecule has 1 amide bonds. The number of phenolic OH excluding ortho intramolecular Hbond substituents is 1. The minimum absolute atomic E-state index is 0.00375. The first-order chi connectivity index (χ1) is 15.0. The number of amides is 1. The van der Waals surface area contributed by atoms with Gasteiger partial charge in [0.15, 0.2) is 11.5 Å². The van der Waals surface area contributed by atoms with Crippen molar-refractivity contribution in [3.63, 3.8) is 0 Å². The summed E-state index contributed by atoms with van der Waals surface area (Å²) in [5, 5.41) is 20.3. The zero-order valence-corrected chi connectivity index (χ0v) is 16.5. The van der Waals surface area contributed by atoms with Crippen molar-refractivity contribution in [2.24, 2.45) is 0 Å². The molecule has 1 unspecified atom stereocenters. The van der Waals surface area contributed by atoms with Crippen LogP contribution < -0.4 is 4.90 Å². The number of aromatic hydroxyl groups is 1. The Labute approximate surface area is 178 Å². The Hall–Kier alpha value is -3.93. The molecule has 0 radical (unpaired) electrons. The smallest absolute Gasteiger partial charge is 0.294 e. The van der Waals surface area contributed by atoms with Gasteiger partial charge in [0.2, 0.25) is 0 Å². The Morgan fingerprint density at radius 2 is 1.55 bits per heavy atom. The van der Waals surface area contributed by atoms with Gasteiger partial charge in [-0.25, -0.2) is 4.39 Å². The average molecular weight is 417 g/mol. The molecule has 5 nitrogen and oxygen atoms in total.